The van der Waals surface area contributed by atoms with Crippen molar-refractivity contribution in [3.05, 3.63) is 95.6 Å². The van der Waals surface area contributed by atoms with Crippen LogP contribution in [0, 0.1) is 0 Å². The Bertz CT molecular complexity index is 1070. The maximum atomic E-state index is 12.6. The van der Waals surface area contributed by atoms with Crippen LogP contribution in [-0.4, -0.2) is 18.9 Å². The number of benzene rings is 3. The largest absolute Gasteiger partial charge is 0.493 e. The van der Waals surface area contributed by atoms with E-state index in [-0.39, 0.29) is 5.78 Å². The Morgan fingerprint density at radius 3 is 2.42 bits per heavy atom. The summed E-state index contributed by atoms with van der Waals surface area (Å²) in [6.45, 7) is 1.33. The summed E-state index contributed by atoms with van der Waals surface area (Å²) in [6.07, 6.45) is 3.59. The average Bonchev–Trinajstić information content (AvgIpc) is 2.77. The van der Waals surface area contributed by atoms with Crippen molar-refractivity contribution in [2.45, 2.75) is 24.0 Å². The van der Waals surface area contributed by atoms with Gasteiger partial charge in [0.2, 0.25) is 0 Å². The molecule has 0 bridgehead atoms. The van der Waals surface area contributed by atoms with Crippen molar-refractivity contribution in [3.8, 4) is 11.5 Å². The van der Waals surface area contributed by atoms with Gasteiger partial charge in [0.1, 0.15) is 0 Å². The molecular weight excluding hydrogens is 408 g/mol. The van der Waals surface area contributed by atoms with Gasteiger partial charge in [0.15, 0.2) is 17.3 Å². The fraction of sp³-hybridized carbons (Fsp3) is 0.154. The predicted octanol–water partition coefficient (Wildman–Crippen LogP) is 5.74. The van der Waals surface area contributed by atoms with E-state index in [0.717, 1.165) is 21.8 Å². The molecule has 0 spiro atoms. The molecule has 0 aliphatic carbocycles. The molecule has 0 radical (unpaired) electrons. The molecule has 0 aromatic heterocycles. The minimum atomic E-state index is -0.430. The number of esters is 1. The quantitative estimate of drug-likeness (QED) is 0.187. The lowest BCUT2D eigenvalue weighted by molar-refractivity contribution is -0.132. The molecule has 3 aromatic carbocycles. The first-order valence-corrected chi connectivity index (χ1v) is 10.9. The van der Waals surface area contributed by atoms with Gasteiger partial charge in [-0.15, -0.1) is 11.8 Å². The predicted molar refractivity (Wildman–Crippen MR) is 124 cm³/mol. The van der Waals surface area contributed by atoms with Crippen molar-refractivity contribution in [1.82, 2.24) is 0 Å². The lowest BCUT2D eigenvalue weighted by Gasteiger charge is -2.09. The summed E-state index contributed by atoms with van der Waals surface area (Å²) in [6, 6.07) is 23.4. The summed E-state index contributed by atoms with van der Waals surface area (Å²) in [7, 11) is 1.51. The molecule has 0 fully saturated rings. The van der Waals surface area contributed by atoms with E-state index in [0.29, 0.717) is 17.9 Å². The smallest absolute Gasteiger partial charge is 0.308 e. The van der Waals surface area contributed by atoms with Crippen molar-refractivity contribution in [2.75, 3.05) is 7.11 Å². The van der Waals surface area contributed by atoms with E-state index in [1.54, 1.807) is 42.1 Å². The van der Waals surface area contributed by atoms with Crippen LogP contribution in [0.1, 0.15) is 23.6 Å². The molecule has 0 heterocycles. The molecular formula is C26H24O4S. The van der Waals surface area contributed by atoms with Crippen molar-refractivity contribution in [1.29, 1.82) is 0 Å². The molecule has 0 saturated carbocycles. The van der Waals surface area contributed by atoms with Gasteiger partial charge in [-0.05, 0) is 41.0 Å². The Kier molecular flexibility index (Phi) is 8.07. The number of allylic oxidation sites excluding steroid dienone is 1. The van der Waals surface area contributed by atoms with E-state index >= 15 is 0 Å². The van der Waals surface area contributed by atoms with E-state index < -0.39 is 5.97 Å². The lowest BCUT2D eigenvalue weighted by atomic mass is 10.1. The summed E-state index contributed by atoms with van der Waals surface area (Å²) >= 11 is 1.73. The van der Waals surface area contributed by atoms with Crippen LogP contribution in [0.25, 0.3) is 6.08 Å². The zero-order chi connectivity index (χ0) is 22.1. The van der Waals surface area contributed by atoms with Crippen molar-refractivity contribution < 1.29 is 19.1 Å². The van der Waals surface area contributed by atoms with Gasteiger partial charge in [-0.2, -0.15) is 0 Å². The number of carbonyl (C=O) groups excluding carboxylic acids is 2. The molecule has 3 rings (SSSR count). The highest BCUT2D eigenvalue weighted by Crippen LogP contribution is 2.29. The van der Waals surface area contributed by atoms with Gasteiger partial charge in [-0.1, -0.05) is 60.7 Å². The van der Waals surface area contributed by atoms with Crippen LogP contribution in [0.3, 0.4) is 0 Å². The van der Waals surface area contributed by atoms with E-state index in [9.17, 15) is 9.59 Å². The number of ether oxygens (including phenoxy) is 2. The van der Waals surface area contributed by atoms with Gasteiger partial charge in [0, 0.05) is 24.0 Å². The summed E-state index contributed by atoms with van der Waals surface area (Å²) in [5.74, 6) is 1.21. The van der Waals surface area contributed by atoms with Gasteiger partial charge in [0.05, 0.1) is 7.11 Å². The first-order valence-electron chi connectivity index (χ1n) is 9.87. The SMILES string of the molecule is COc1ccc(/C=C/C(=O)Cc2ccccc2SCc2ccccc2)cc1OC(C)=O. The van der Waals surface area contributed by atoms with Gasteiger partial charge < -0.3 is 9.47 Å². The minimum Gasteiger partial charge on any atom is -0.493 e. The second-order valence-electron chi connectivity index (χ2n) is 6.86. The number of ketones is 1. The normalized spacial score (nSPS) is 10.8. The fourth-order valence-corrected chi connectivity index (χ4v) is 4.01. The summed E-state index contributed by atoms with van der Waals surface area (Å²) in [4.78, 5) is 25.0. The Labute approximate surface area is 186 Å². The van der Waals surface area contributed by atoms with Crippen LogP contribution in [0.15, 0.2) is 83.8 Å². The van der Waals surface area contributed by atoms with Gasteiger partial charge >= 0.3 is 5.97 Å². The topological polar surface area (TPSA) is 52.6 Å². The van der Waals surface area contributed by atoms with Crippen molar-refractivity contribution >= 4 is 29.6 Å². The monoisotopic (exact) mass is 432 g/mol. The first kappa shape index (κ1) is 22.4. The van der Waals surface area contributed by atoms with Crippen LogP contribution in [-0.2, 0) is 21.8 Å². The summed E-state index contributed by atoms with van der Waals surface area (Å²) < 4.78 is 10.4. The molecule has 158 valence electrons. The summed E-state index contributed by atoms with van der Waals surface area (Å²) in [5.41, 5.74) is 3.00. The Morgan fingerprint density at radius 2 is 1.68 bits per heavy atom. The number of hydrogen-bond donors (Lipinski definition) is 0. The van der Waals surface area contributed by atoms with Crippen LogP contribution < -0.4 is 9.47 Å². The van der Waals surface area contributed by atoms with E-state index in [1.165, 1.54) is 19.6 Å². The Hall–Kier alpha value is -3.31. The molecule has 0 N–H and O–H groups in total. The number of carbonyl (C=O) groups is 2. The van der Waals surface area contributed by atoms with Gasteiger partial charge in [-0.3, -0.25) is 9.59 Å². The van der Waals surface area contributed by atoms with Crippen molar-refractivity contribution in [2.24, 2.45) is 0 Å². The molecule has 0 aliphatic rings. The molecule has 0 aliphatic heterocycles. The van der Waals surface area contributed by atoms with Gasteiger partial charge in [0.25, 0.3) is 0 Å². The standard InChI is InChI=1S/C26H24O4S/c1-19(27)30-25-16-20(13-15-24(25)29-2)12-14-23(28)17-22-10-6-7-11-26(22)31-18-21-8-4-3-5-9-21/h3-16H,17-18H2,1-2H3/b14-12+. The highest BCUT2D eigenvalue weighted by Gasteiger charge is 2.09. The van der Waals surface area contributed by atoms with E-state index in [2.05, 4.69) is 18.2 Å². The van der Waals surface area contributed by atoms with Crippen molar-refractivity contribution in [3.63, 3.8) is 0 Å². The average molecular weight is 433 g/mol. The van der Waals surface area contributed by atoms with Crippen LogP contribution in [0.4, 0.5) is 0 Å². The second kappa shape index (κ2) is 11.2. The Morgan fingerprint density at radius 1 is 0.935 bits per heavy atom. The molecule has 0 unspecified atom stereocenters. The highest BCUT2D eigenvalue weighted by atomic mass is 32.2. The molecule has 5 heteroatoms. The summed E-state index contributed by atoms with van der Waals surface area (Å²) in [5, 5.41) is 0. The lowest BCUT2D eigenvalue weighted by Crippen LogP contribution is -2.03. The first-order chi connectivity index (χ1) is 15.0. The maximum absolute atomic E-state index is 12.6. The molecule has 3 aromatic rings. The third-order valence-electron chi connectivity index (χ3n) is 4.48. The van der Waals surface area contributed by atoms with Crippen LogP contribution in [0.2, 0.25) is 0 Å². The molecule has 0 amide bonds. The van der Waals surface area contributed by atoms with Crippen LogP contribution >= 0.6 is 11.8 Å². The fourth-order valence-electron chi connectivity index (χ4n) is 2.99. The molecule has 0 saturated heterocycles. The van der Waals surface area contributed by atoms with Crippen LogP contribution in [0.5, 0.6) is 11.5 Å². The van der Waals surface area contributed by atoms with E-state index in [1.807, 2.05) is 36.4 Å². The minimum absolute atomic E-state index is 0.00221. The zero-order valence-corrected chi connectivity index (χ0v) is 18.4. The Balaban J connectivity index is 1.67. The van der Waals surface area contributed by atoms with Gasteiger partial charge in [-0.25, -0.2) is 0 Å². The van der Waals surface area contributed by atoms with E-state index in [4.69, 9.17) is 9.47 Å². The third-order valence-corrected chi connectivity index (χ3v) is 5.66. The second-order valence-corrected chi connectivity index (χ2v) is 7.88. The third kappa shape index (κ3) is 6.86. The zero-order valence-electron chi connectivity index (χ0n) is 17.5. The molecule has 0 atom stereocenters. The number of hydrogen-bond acceptors (Lipinski definition) is 5. The number of thioether (sulfide) groups is 1. The molecule has 4 nitrogen and oxygen atoms in total. The highest BCUT2D eigenvalue weighted by molar-refractivity contribution is 7.98. The maximum Gasteiger partial charge on any atom is 0.308 e. The molecule has 31 heavy (non-hydrogen) atoms. The number of methoxy groups -OCH3 is 1. The number of rotatable bonds is 9.